The molecule has 0 aliphatic carbocycles. The molecule has 66 valence electrons. The summed E-state index contributed by atoms with van der Waals surface area (Å²) in [7, 11) is 0. The molecule has 1 aromatic rings. The van der Waals surface area contributed by atoms with E-state index in [4.69, 9.17) is 0 Å². The van der Waals surface area contributed by atoms with Crippen LogP contribution in [0.2, 0.25) is 0 Å². The van der Waals surface area contributed by atoms with Crippen molar-refractivity contribution in [2.75, 3.05) is 0 Å². The van der Waals surface area contributed by atoms with Crippen molar-refractivity contribution in [2.45, 2.75) is 19.9 Å². The van der Waals surface area contributed by atoms with E-state index in [2.05, 4.69) is 5.32 Å². The van der Waals surface area contributed by atoms with Crippen LogP contribution in [0.1, 0.15) is 25.6 Å². The standard InChI is InChI=1S/C10H13NO.H2/c1-8(2)11-10(12)9-6-4-3-5-7-9;/h3-8H,1-2H3,(H,11,12);1H. The third-order valence-corrected chi connectivity index (χ3v) is 1.46. The van der Waals surface area contributed by atoms with Crippen molar-refractivity contribution in [3.05, 3.63) is 35.9 Å². The molecule has 1 amide bonds. The second-order valence-corrected chi connectivity index (χ2v) is 2.99. The molecule has 2 heteroatoms. The third kappa shape index (κ3) is 2.38. The summed E-state index contributed by atoms with van der Waals surface area (Å²) < 4.78 is 0. The molecule has 1 N–H and O–H groups in total. The topological polar surface area (TPSA) is 29.1 Å². The smallest absolute Gasteiger partial charge is 0.251 e. The second kappa shape index (κ2) is 3.90. The van der Waals surface area contributed by atoms with E-state index in [1.807, 2.05) is 32.0 Å². The molecule has 0 fully saturated rings. The number of hydrogen-bond acceptors (Lipinski definition) is 1. The van der Waals surface area contributed by atoms with E-state index in [9.17, 15) is 4.79 Å². The van der Waals surface area contributed by atoms with Crippen molar-refractivity contribution >= 4 is 5.91 Å². The molecule has 0 saturated carbocycles. The molecule has 0 atom stereocenters. The molecule has 1 aromatic carbocycles. The normalized spacial score (nSPS) is 9.92. The summed E-state index contributed by atoms with van der Waals surface area (Å²) in [5.74, 6) is -0.00870. The molecule has 2 nitrogen and oxygen atoms in total. The number of benzene rings is 1. The Morgan fingerprint density at radius 2 is 1.92 bits per heavy atom. The fourth-order valence-corrected chi connectivity index (χ4v) is 0.935. The minimum absolute atomic E-state index is 0. The maximum Gasteiger partial charge on any atom is 0.251 e. The Labute approximate surface area is 74.1 Å². The van der Waals surface area contributed by atoms with E-state index in [0.717, 1.165) is 0 Å². The van der Waals surface area contributed by atoms with Gasteiger partial charge in [0.1, 0.15) is 0 Å². The Morgan fingerprint density at radius 1 is 1.33 bits per heavy atom. The van der Waals surface area contributed by atoms with Crippen LogP contribution in [0, 0.1) is 0 Å². The fourth-order valence-electron chi connectivity index (χ4n) is 0.935. The minimum atomic E-state index is -0.00870. The van der Waals surface area contributed by atoms with E-state index in [1.54, 1.807) is 12.1 Å². The van der Waals surface area contributed by atoms with Crippen molar-refractivity contribution in [3.63, 3.8) is 0 Å². The first kappa shape index (κ1) is 8.78. The molecule has 12 heavy (non-hydrogen) atoms. The Morgan fingerprint density at radius 3 is 2.42 bits per heavy atom. The van der Waals surface area contributed by atoms with Crippen LogP contribution in [-0.4, -0.2) is 11.9 Å². The number of carbonyl (C=O) groups is 1. The first-order valence-corrected chi connectivity index (χ1v) is 4.06. The van der Waals surface area contributed by atoms with Gasteiger partial charge in [-0.05, 0) is 26.0 Å². The van der Waals surface area contributed by atoms with Crippen molar-refractivity contribution in [2.24, 2.45) is 0 Å². The van der Waals surface area contributed by atoms with Gasteiger partial charge in [-0.2, -0.15) is 0 Å². The van der Waals surface area contributed by atoms with Gasteiger partial charge in [0.15, 0.2) is 0 Å². The highest BCUT2D eigenvalue weighted by molar-refractivity contribution is 5.94. The summed E-state index contributed by atoms with van der Waals surface area (Å²) in [5.41, 5.74) is 0.714. The van der Waals surface area contributed by atoms with Crippen molar-refractivity contribution in [3.8, 4) is 0 Å². The highest BCUT2D eigenvalue weighted by Crippen LogP contribution is 1.98. The summed E-state index contributed by atoms with van der Waals surface area (Å²) in [4.78, 5) is 11.3. The van der Waals surface area contributed by atoms with E-state index in [0.29, 0.717) is 5.56 Å². The quantitative estimate of drug-likeness (QED) is 0.714. The molecule has 0 aliphatic heterocycles. The van der Waals surface area contributed by atoms with Gasteiger partial charge in [0.2, 0.25) is 0 Å². The Balaban J connectivity index is 0.00000144. The SMILES string of the molecule is CC(C)NC(=O)c1ccccc1.[HH]. The Kier molecular flexibility index (Phi) is 2.86. The number of amides is 1. The van der Waals surface area contributed by atoms with Crippen LogP contribution >= 0.6 is 0 Å². The molecule has 0 unspecified atom stereocenters. The maximum absolute atomic E-state index is 11.3. The molecule has 0 saturated heterocycles. The lowest BCUT2D eigenvalue weighted by atomic mass is 10.2. The largest absolute Gasteiger partial charge is 0.350 e. The van der Waals surface area contributed by atoms with Crippen molar-refractivity contribution in [1.82, 2.24) is 5.32 Å². The number of carbonyl (C=O) groups excluding carboxylic acids is 1. The molecule has 1 rings (SSSR count). The molecule has 0 aliphatic rings. The molecule has 0 bridgehead atoms. The zero-order chi connectivity index (χ0) is 8.97. The van der Waals surface area contributed by atoms with Gasteiger partial charge >= 0.3 is 0 Å². The van der Waals surface area contributed by atoms with Gasteiger partial charge in [0.05, 0.1) is 0 Å². The van der Waals surface area contributed by atoms with Crippen molar-refractivity contribution in [1.29, 1.82) is 0 Å². The summed E-state index contributed by atoms with van der Waals surface area (Å²) in [6, 6.07) is 9.41. The predicted molar refractivity (Wildman–Crippen MR) is 51.2 cm³/mol. The average molecular weight is 165 g/mol. The molecular formula is C10H15NO. The van der Waals surface area contributed by atoms with Gasteiger partial charge in [0.25, 0.3) is 5.91 Å². The first-order valence-electron chi connectivity index (χ1n) is 4.06. The van der Waals surface area contributed by atoms with Gasteiger partial charge in [-0.3, -0.25) is 4.79 Å². The van der Waals surface area contributed by atoms with Gasteiger partial charge in [-0.25, -0.2) is 0 Å². The zero-order valence-corrected chi connectivity index (χ0v) is 7.37. The number of hydrogen-bond donors (Lipinski definition) is 1. The predicted octanol–water partition coefficient (Wildman–Crippen LogP) is 2.07. The lowest BCUT2D eigenvalue weighted by Crippen LogP contribution is -2.29. The van der Waals surface area contributed by atoms with Crippen molar-refractivity contribution < 1.29 is 6.22 Å². The van der Waals surface area contributed by atoms with Crippen LogP contribution in [-0.2, 0) is 0 Å². The lowest BCUT2D eigenvalue weighted by molar-refractivity contribution is 0.0943. The van der Waals surface area contributed by atoms with Gasteiger partial charge in [0, 0.05) is 13.0 Å². The molecular weight excluding hydrogens is 150 g/mol. The average Bonchev–Trinajstić information content (AvgIpc) is 2.05. The highest BCUT2D eigenvalue weighted by atomic mass is 16.1. The van der Waals surface area contributed by atoms with Gasteiger partial charge in [-0.15, -0.1) is 0 Å². The molecule has 0 spiro atoms. The summed E-state index contributed by atoms with van der Waals surface area (Å²) in [5, 5.41) is 2.82. The first-order chi connectivity index (χ1) is 5.70. The van der Waals surface area contributed by atoms with Gasteiger partial charge < -0.3 is 5.32 Å². The van der Waals surface area contributed by atoms with E-state index in [1.165, 1.54) is 0 Å². The molecule has 0 radical (unpaired) electrons. The Bertz CT molecular complexity index is 259. The van der Waals surface area contributed by atoms with E-state index >= 15 is 0 Å². The Hall–Kier alpha value is -1.31. The summed E-state index contributed by atoms with van der Waals surface area (Å²) in [6.45, 7) is 3.89. The van der Waals surface area contributed by atoms with Crippen LogP contribution in [0.4, 0.5) is 0 Å². The highest BCUT2D eigenvalue weighted by Gasteiger charge is 2.04. The zero-order valence-electron chi connectivity index (χ0n) is 7.37. The maximum atomic E-state index is 11.3. The number of rotatable bonds is 2. The fraction of sp³-hybridized carbons (Fsp3) is 0.300. The molecule has 0 heterocycles. The van der Waals surface area contributed by atoms with E-state index in [-0.39, 0.29) is 13.4 Å². The second-order valence-electron chi connectivity index (χ2n) is 2.99. The van der Waals surface area contributed by atoms with Crippen LogP contribution in [0.5, 0.6) is 0 Å². The minimum Gasteiger partial charge on any atom is -0.350 e. The van der Waals surface area contributed by atoms with Crippen LogP contribution in [0.3, 0.4) is 0 Å². The van der Waals surface area contributed by atoms with Crippen LogP contribution < -0.4 is 5.32 Å². The van der Waals surface area contributed by atoms with E-state index < -0.39 is 0 Å². The van der Waals surface area contributed by atoms with Gasteiger partial charge in [-0.1, -0.05) is 18.2 Å². The monoisotopic (exact) mass is 165 g/mol. The lowest BCUT2D eigenvalue weighted by Gasteiger charge is -2.07. The summed E-state index contributed by atoms with van der Waals surface area (Å²) in [6.07, 6.45) is 0. The molecule has 0 aromatic heterocycles. The van der Waals surface area contributed by atoms with Crippen LogP contribution in [0.25, 0.3) is 0 Å². The van der Waals surface area contributed by atoms with Crippen LogP contribution in [0.15, 0.2) is 30.3 Å². The third-order valence-electron chi connectivity index (χ3n) is 1.46. The number of nitrogens with one attached hydrogen (secondary N) is 1. The summed E-state index contributed by atoms with van der Waals surface area (Å²) >= 11 is 0.